The van der Waals surface area contributed by atoms with E-state index in [0.717, 1.165) is 24.2 Å². The number of carbonyl (C=O) groups is 1. The molecule has 84 valence electrons. The van der Waals surface area contributed by atoms with Gasteiger partial charge in [0, 0.05) is 6.04 Å². The number of hydrogen-bond donors (Lipinski definition) is 1. The van der Waals surface area contributed by atoms with Crippen LogP contribution in [-0.2, 0) is 4.79 Å². The molecule has 0 aromatic heterocycles. The van der Waals surface area contributed by atoms with Gasteiger partial charge in [-0.2, -0.15) is 0 Å². The van der Waals surface area contributed by atoms with Crippen molar-refractivity contribution in [1.29, 1.82) is 0 Å². The molecule has 1 aromatic carbocycles. The van der Waals surface area contributed by atoms with E-state index in [2.05, 4.69) is 5.32 Å². The van der Waals surface area contributed by atoms with E-state index in [1.807, 2.05) is 29.2 Å². The number of para-hydroxylation sites is 2. The number of amides is 1. The number of nitrogens with zero attached hydrogens (tertiary/aromatic N) is 1. The van der Waals surface area contributed by atoms with Gasteiger partial charge in [0.05, 0.1) is 17.9 Å². The van der Waals surface area contributed by atoms with Gasteiger partial charge in [0.25, 0.3) is 0 Å². The molecule has 1 aromatic rings. The van der Waals surface area contributed by atoms with Crippen LogP contribution in [0.3, 0.4) is 0 Å². The maximum atomic E-state index is 12.0. The van der Waals surface area contributed by atoms with E-state index in [9.17, 15) is 4.79 Å². The first-order valence-electron chi connectivity index (χ1n) is 6.01. The van der Waals surface area contributed by atoms with E-state index in [0.29, 0.717) is 12.6 Å². The second-order valence-corrected chi connectivity index (χ2v) is 4.57. The van der Waals surface area contributed by atoms with Crippen LogP contribution >= 0.6 is 0 Å². The number of rotatable bonds is 1. The average molecular weight is 216 g/mol. The molecule has 1 amide bonds. The average Bonchev–Trinajstić information content (AvgIpc) is 2.82. The first-order chi connectivity index (χ1) is 7.86. The summed E-state index contributed by atoms with van der Waals surface area (Å²) in [7, 11) is 0. The van der Waals surface area contributed by atoms with Gasteiger partial charge in [0.1, 0.15) is 0 Å². The van der Waals surface area contributed by atoms with Gasteiger partial charge in [0.15, 0.2) is 0 Å². The monoisotopic (exact) mass is 216 g/mol. The van der Waals surface area contributed by atoms with Gasteiger partial charge in [-0.25, -0.2) is 0 Å². The summed E-state index contributed by atoms with van der Waals surface area (Å²) in [5.74, 6) is 0.214. The first-order valence-corrected chi connectivity index (χ1v) is 6.01. The van der Waals surface area contributed by atoms with E-state index in [-0.39, 0.29) is 5.91 Å². The Bertz CT molecular complexity index is 410. The third-order valence-electron chi connectivity index (χ3n) is 3.55. The molecule has 3 heteroatoms. The molecule has 1 aliphatic heterocycles. The van der Waals surface area contributed by atoms with E-state index >= 15 is 0 Å². The Hall–Kier alpha value is -1.51. The zero-order valence-corrected chi connectivity index (χ0v) is 9.28. The Morgan fingerprint density at radius 1 is 1.19 bits per heavy atom. The largest absolute Gasteiger partial charge is 0.374 e. The maximum absolute atomic E-state index is 12.0. The molecular weight excluding hydrogens is 200 g/mol. The van der Waals surface area contributed by atoms with E-state index < -0.39 is 0 Å². The first kappa shape index (κ1) is 9.70. The van der Waals surface area contributed by atoms with Gasteiger partial charge in [-0.1, -0.05) is 25.0 Å². The second kappa shape index (κ2) is 3.81. The van der Waals surface area contributed by atoms with Crippen LogP contribution in [0.5, 0.6) is 0 Å². The summed E-state index contributed by atoms with van der Waals surface area (Å²) in [4.78, 5) is 14.0. The zero-order valence-electron chi connectivity index (χ0n) is 9.28. The molecular formula is C13H16N2O. The lowest BCUT2D eigenvalue weighted by Gasteiger charge is -2.34. The summed E-state index contributed by atoms with van der Waals surface area (Å²) in [6.07, 6.45) is 4.81. The Labute approximate surface area is 95.4 Å². The fraction of sp³-hybridized carbons (Fsp3) is 0.462. The smallest absolute Gasteiger partial charge is 0.246 e. The highest BCUT2D eigenvalue weighted by Gasteiger charge is 2.31. The highest BCUT2D eigenvalue weighted by Crippen LogP contribution is 2.35. The van der Waals surface area contributed by atoms with Gasteiger partial charge in [0.2, 0.25) is 5.91 Å². The summed E-state index contributed by atoms with van der Waals surface area (Å²) >= 11 is 0. The molecule has 1 aliphatic carbocycles. The van der Waals surface area contributed by atoms with Gasteiger partial charge >= 0.3 is 0 Å². The Balaban J connectivity index is 1.99. The van der Waals surface area contributed by atoms with Gasteiger partial charge < -0.3 is 10.2 Å². The number of nitrogens with one attached hydrogen (secondary N) is 1. The molecule has 1 heterocycles. The highest BCUT2D eigenvalue weighted by molar-refractivity contribution is 6.03. The van der Waals surface area contributed by atoms with Crippen molar-refractivity contribution in [2.45, 2.75) is 31.7 Å². The minimum absolute atomic E-state index is 0.214. The van der Waals surface area contributed by atoms with Crippen LogP contribution in [0.1, 0.15) is 25.7 Å². The number of benzene rings is 1. The fourth-order valence-electron chi connectivity index (χ4n) is 2.79. The molecule has 0 bridgehead atoms. The van der Waals surface area contributed by atoms with Crippen molar-refractivity contribution in [3.63, 3.8) is 0 Å². The molecule has 16 heavy (non-hydrogen) atoms. The summed E-state index contributed by atoms with van der Waals surface area (Å²) in [5, 5.41) is 3.17. The minimum Gasteiger partial charge on any atom is -0.374 e. The molecule has 0 unspecified atom stereocenters. The van der Waals surface area contributed by atoms with Crippen LogP contribution in [0.2, 0.25) is 0 Å². The predicted octanol–water partition coefficient (Wildman–Crippen LogP) is 2.39. The highest BCUT2D eigenvalue weighted by atomic mass is 16.2. The lowest BCUT2D eigenvalue weighted by Crippen LogP contribution is -2.45. The molecule has 0 saturated heterocycles. The third kappa shape index (κ3) is 1.47. The molecule has 1 N–H and O–H groups in total. The maximum Gasteiger partial charge on any atom is 0.246 e. The van der Waals surface area contributed by atoms with Crippen LogP contribution in [0, 0.1) is 0 Å². The standard InChI is InChI=1S/C13H16N2O/c16-13-9-14-11-7-3-4-8-12(11)15(13)10-5-1-2-6-10/h3-4,7-8,10,14H,1-2,5-6,9H2. The Morgan fingerprint density at radius 3 is 2.75 bits per heavy atom. The predicted molar refractivity (Wildman–Crippen MR) is 64.7 cm³/mol. The molecule has 1 saturated carbocycles. The summed E-state index contributed by atoms with van der Waals surface area (Å²) < 4.78 is 0. The third-order valence-corrected chi connectivity index (χ3v) is 3.55. The second-order valence-electron chi connectivity index (χ2n) is 4.57. The van der Waals surface area contributed by atoms with Crippen LogP contribution < -0.4 is 10.2 Å². The fourth-order valence-corrected chi connectivity index (χ4v) is 2.79. The number of anilines is 2. The van der Waals surface area contributed by atoms with Crippen LogP contribution in [0.25, 0.3) is 0 Å². The van der Waals surface area contributed by atoms with E-state index in [1.165, 1.54) is 12.8 Å². The SMILES string of the molecule is O=C1CNc2ccccc2N1C1CCCC1. The number of carbonyl (C=O) groups excluding carboxylic acids is 1. The summed E-state index contributed by atoms with van der Waals surface area (Å²) in [6, 6.07) is 8.52. The summed E-state index contributed by atoms with van der Waals surface area (Å²) in [6.45, 7) is 0.438. The number of fused-ring (bicyclic) bond motifs is 1. The van der Waals surface area contributed by atoms with Crippen LogP contribution in [0.15, 0.2) is 24.3 Å². The molecule has 3 rings (SSSR count). The Morgan fingerprint density at radius 2 is 1.94 bits per heavy atom. The zero-order chi connectivity index (χ0) is 11.0. The molecule has 0 spiro atoms. The lowest BCUT2D eigenvalue weighted by molar-refractivity contribution is -0.117. The van der Waals surface area contributed by atoms with Crippen molar-refractivity contribution in [1.82, 2.24) is 0 Å². The quantitative estimate of drug-likeness (QED) is 0.781. The topological polar surface area (TPSA) is 32.3 Å². The minimum atomic E-state index is 0.214. The lowest BCUT2D eigenvalue weighted by atomic mass is 10.1. The van der Waals surface area contributed by atoms with Crippen molar-refractivity contribution in [2.24, 2.45) is 0 Å². The summed E-state index contributed by atoms with van der Waals surface area (Å²) in [5.41, 5.74) is 2.15. The molecule has 3 nitrogen and oxygen atoms in total. The normalized spacial score (nSPS) is 20.8. The number of hydrogen-bond acceptors (Lipinski definition) is 2. The Kier molecular flexibility index (Phi) is 2.31. The molecule has 2 aliphatic rings. The molecule has 1 fully saturated rings. The van der Waals surface area contributed by atoms with Crippen molar-refractivity contribution in [2.75, 3.05) is 16.8 Å². The van der Waals surface area contributed by atoms with Crippen LogP contribution in [-0.4, -0.2) is 18.5 Å². The van der Waals surface area contributed by atoms with Crippen molar-refractivity contribution in [3.05, 3.63) is 24.3 Å². The van der Waals surface area contributed by atoms with Crippen molar-refractivity contribution in [3.8, 4) is 0 Å². The van der Waals surface area contributed by atoms with E-state index in [1.54, 1.807) is 0 Å². The molecule has 0 radical (unpaired) electrons. The van der Waals surface area contributed by atoms with Crippen molar-refractivity contribution < 1.29 is 4.79 Å². The van der Waals surface area contributed by atoms with Gasteiger partial charge in [-0.15, -0.1) is 0 Å². The van der Waals surface area contributed by atoms with Crippen molar-refractivity contribution >= 4 is 17.3 Å². The molecule has 0 atom stereocenters. The van der Waals surface area contributed by atoms with E-state index in [4.69, 9.17) is 0 Å². The van der Waals surface area contributed by atoms with Crippen LogP contribution in [0.4, 0.5) is 11.4 Å². The van der Waals surface area contributed by atoms with Gasteiger partial charge in [-0.3, -0.25) is 4.79 Å². The van der Waals surface area contributed by atoms with Gasteiger partial charge in [-0.05, 0) is 25.0 Å².